The van der Waals surface area contributed by atoms with Gasteiger partial charge in [-0.05, 0) is 24.6 Å². The molecule has 0 unspecified atom stereocenters. The van der Waals surface area contributed by atoms with Crippen molar-refractivity contribution in [2.75, 3.05) is 18.9 Å². The number of carboxylic acid groups (broad SMARTS) is 1. The van der Waals surface area contributed by atoms with Crippen LogP contribution in [-0.4, -0.2) is 30.1 Å². The van der Waals surface area contributed by atoms with Crippen molar-refractivity contribution in [2.45, 2.75) is 45.4 Å². The van der Waals surface area contributed by atoms with Gasteiger partial charge >= 0.3 is 5.97 Å². The van der Waals surface area contributed by atoms with Gasteiger partial charge in [0.15, 0.2) is 0 Å². The zero-order valence-corrected chi connectivity index (χ0v) is 13.6. The van der Waals surface area contributed by atoms with Gasteiger partial charge < -0.3 is 20.9 Å². The van der Waals surface area contributed by atoms with Crippen molar-refractivity contribution in [1.82, 2.24) is 5.32 Å². The zero-order valence-electron chi connectivity index (χ0n) is 13.6. The van der Waals surface area contributed by atoms with Crippen LogP contribution in [0.1, 0.15) is 55.8 Å². The second-order valence-electron chi connectivity index (χ2n) is 5.45. The average molecular weight is 322 g/mol. The van der Waals surface area contributed by atoms with Gasteiger partial charge in [0.25, 0.3) is 5.91 Å². The summed E-state index contributed by atoms with van der Waals surface area (Å²) in [5.74, 6) is -1.18. The molecule has 6 nitrogen and oxygen atoms in total. The Balaban J connectivity index is 2.51. The van der Waals surface area contributed by atoms with Gasteiger partial charge in [-0.1, -0.05) is 39.0 Å². The second kappa shape index (κ2) is 10.5. The number of nitrogens with one attached hydrogen (secondary N) is 1. The summed E-state index contributed by atoms with van der Waals surface area (Å²) in [6.45, 7) is 2.26. The van der Waals surface area contributed by atoms with Gasteiger partial charge in [-0.15, -0.1) is 0 Å². The first-order valence-corrected chi connectivity index (χ1v) is 8.07. The predicted octanol–water partition coefficient (Wildman–Crippen LogP) is 2.82. The number of ether oxygens (including phenoxy) is 1. The molecule has 0 spiro atoms. The molecule has 128 valence electrons. The van der Waals surface area contributed by atoms with Crippen molar-refractivity contribution in [1.29, 1.82) is 0 Å². The minimum absolute atomic E-state index is 0.261. The van der Waals surface area contributed by atoms with Crippen LogP contribution in [0.4, 0.5) is 5.69 Å². The summed E-state index contributed by atoms with van der Waals surface area (Å²) in [5.41, 5.74) is 6.38. The maximum Gasteiger partial charge on any atom is 0.322 e. The summed E-state index contributed by atoms with van der Waals surface area (Å²) in [6, 6.07) is 4.79. The molecule has 0 heterocycles. The van der Waals surface area contributed by atoms with E-state index in [2.05, 4.69) is 12.2 Å². The largest absolute Gasteiger partial charge is 0.493 e. The summed E-state index contributed by atoms with van der Waals surface area (Å²) in [6.07, 6.45) is 6.91. The molecular weight excluding hydrogens is 296 g/mol. The number of nitrogen functional groups attached to an aromatic ring is 1. The van der Waals surface area contributed by atoms with Crippen LogP contribution in [0.3, 0.4) is 0 Å². The van der Waals surface area contributed by atoms with Crippen molar-refractivity contribution >= 4 is 17.6 Å². The van der Waals surface area contributed by atoms with Crippen LogP contribution in [0, 0.1) is 0 Å². The number of nitrogens with two attached hydrogens (primary N) is 1. The lowest BCUT2D eigenvalue weighted by molar-refractivity contribution is -0.135. The van der Waals surface area contributed by atoms with Gasteiger partial charge in [0.1, 0.15) is 12.3 Å². The van der Waals surface area contributed by atoms with Crippen LogP contribution in [0.2, 0.25) is 0 Å². The van der Waals surface area contributed by atoms with E-state index in [0.717, 1.165) is 12.8 Å². The highest BCUT2D eigenvalue weighted by atomic mass is 16.5. The monoisotopic (exact) mass is 322 g/mol. The molecule has 0 radical (unpaired) electrons. The molecule has 4 N–H and O–H groups in total. The van der Waals surface area contributed by atoms with Gasteiger partial charge in [0, 0.05) is 5.69 Å². The molecule has 6 heteroatoms. The average Bonchev–Trinajstić information content (AvgIpc) is 2.52. The number of carbonyl (C=O) groups is 2. The number of hydrogen-bond acceptors (Lipinski definition) is 4. The molecule has 1 amide bonds. The third kappa shape index (κ3) is 7.54. The fourth-order valence-electron chi connectivity index (χ4n) is 2.17. The van der Waals surface area contributed by atoms with E-state index in [1.54, 1.807) is 12.1 Å². The fraction of sp³-hybridized carbons (Fsp3) is 0.529. The minimum Gasteiger partial charge on any atom is -0.493 e. The van der Waals surface area contributed by atoms with Crippen molar-refractivity contribution in [3.63, 3.8) is 0 Å². The van der Waals surface area contributed by atoms with Crippen molar-refractivity contribution < 1.29 is 19.4 Å². The van der Waals surface area contributed by atoms with E-state index < -0.39 is 18.4 Å². The quantitative estimate of drug-likeness (QED) is 0.429. The summed E-state index contributed by atoms with van der Waals surface area (Å²) >= 11 is 0. The number of anilines is 1. The second-order valence-corrected chi connectivity index (χ2v) is 5.45. The van der Waals surface area contributed by atoms with Crippen molar-refractivity contribution in [3.8, 4) is 5.75 Å². The Hall–Kier alpha value is -2.24. The normalized spacial score (nSPS) is 10.3. The van der Waals surface area contributed by atoms with Gasteiger partial charge in [0.2, 0.25) is 0 Å². The van der Waals surface area contributed by atoms with Crippen LogP contribution in [0.25, 0.3) is 0 Å². The summed E-state index contributed by atoms with van der Waals surface area (Å²) in [7, 11) is 0. The SMILES string of the molecule is CCCCCCCCOc1ccc(N)cc1C(=O)NCC(=O)O. The number of benzene rings is 1. The van der Waals surface area contributed by atoms with E-state index in [9.17, 15) is 9.59 Å². The number of amides is 1. The highest BCUT2D eigenvalue weighted by Gasteiger charge is 2.14. The number of hydrogen-bond donors (Lipinski definition) is 3. The van der Waals surface area contributed by atoms with E-state index in [0.29, 0.717) is 18.0 Å². The van der Waals surface area contributed by atoms with E-state index >= 15 is 0 Å². The van der Waals surface area contributed by atoms with Crippen LogP contribution in [0.15, 0.2) is 18.2 Å². The molecule has 0 bridgehead atoms. The number of unbranched alkanes of at least 4 members (excludes halogenated alkanes) is 5. The molecule has 0 fully saturated rings. The minimum atomic E-state index is -1.10. The Morgan fingerprint density at radius 3 is 2.57 bits per heavy atom. The highest BCUT2D eigenvalue weighted by molar-refractivity contribution is 5.99. The first kappa shape index (κ1) is 18.8. The van der Waals surface area contributed by atoms with Gasteiger partial charge in [-0.2, -0.15) is 0 Å². The molecule has 1 aromatic rings. The summed E-state index contributed by atoms with van der Waals surface area (Å²) in [4.78, 5) is 22.6. The van der Waals surface area contributed by atoms with Gasteiger partial charge in [0.05, 0.1) is 12.2 Å². The Labute approximate surface area is 137 Å². The molecule has 1 aromatic carbocycles. The number of carboxylic acids is 1. The lowest BCUT2D eigenvalue weighted by atomic mass is 10.1. The van der Waals surface area contributed by atoms with E-state index in [4.69, 9.17) is 15.6 Å². The smallest absolute Gasteiger partial charge is 0.322 e. The van der Waals surface area contributed by atoms with Crippen LogP contribution in [-0.2, 0) is 4.79 Å². The molecule has 0 atom stereocenters. The fourth-order valence-corrected chi connectivity index (χ4v) is 2.17. The van der Waals surface area contributed by atoms with Crippen molar-refractivity contribution in [2.24, 2.45) is 0 Å². The standard InChI is InChI=1S/C17H26N2O4/c1-2-3-4-5-6-7-10-23-15-9-8-13(18)11-14(15)17(22)19-12-16(20)21/h8-9,11H,2-7,10,12,18H2,1H3,(H,19,22)(H,20,21). The van der Waals surface area contributed by atoms with Crippen LogP contribution >= 0.6 is 0 Å². The molecule has 1 rings (SSSR count). The molecule has 23 heavy (non-hydrogen) atoms. The molecule has 0 aliphatic heterocycles. The number of aliphatic carboxylic acids is 1. The molecular formula is C17H26N2O4. The van der Waals surface area contributed by atoms with Gasteiger partial charge in [-0.3, -0.25) is 9.59 Å². The maximum atomic E-state index is 12.0. The Morgan fingerprint density at radius 2 is 1.87 bits per heavy atom. The van der Waals surface area contributed by atoms with E-state index in [1.807, 2.05) is 0 Å². The number of carbonyl (C=O) groups excluding carboxylic acids is 1. The third-order valence-corrected chi connectivity index (χ3v) is 3.40. The molecule has 0 saturated carbocycles. The van der Waals surface area contributed by atoms with E-state index in [1.165, 1.54) is 31.7 Å². The van der Waals surface area contributed by atoms with Gasteiger partial charge in [-0.25, -0.2) is 0 Å². The third-order valence-electron chi connectivity index (χ3n) is 3.40. The summed E-state index contributed by atoms with van der Waals surface area (Å²) in [5, 5.41) is 10.9. The topological polar surface area (TPSA) is 102 Å². The Morgan fingerprint density at radius 1 is 1.17 bits per heavy atom. The Bertz CT molecular complexity index is 517. The molecule has 0 aliphatic carbocycles. The maximum absolute atomic E-state index is 12.0. The Kier molecular flexibility index (Phi) is 8.57. The molecule has 0 aliphatic rings. The first-order chi connectivity index (χ1) is 11.0. The van der Waals surface area contributed by atoms with E-state index in [-0.39, 0.29) is 5.56 Å². The zero-order chi connectivity index (χ0) is 17.1. The molecule has 0 saturated heterocycles. The van der Waals surface area contributed by atoms with Crippen molar-refractivity contribution in [3.05, 3.63) is 23.8 Å². The van der Waals surface area contributed by atoms with Crippen LogP contribution < -0.4 is 15.8 Å². The predicted molar refractivity (Wildman–Crippen MR) is 89.7 cm³/mol. The first-order valence-electron chi connectivity index (χ1n) is 8.07. The highest BCUT2D eigenvalue weighted by Crippen LogP contribution is 2.22. The summed E-state index contributed by atoms with van der Waals surface area (Å²) < 4.78 is 5.66. The molecule has 0 aromatic heterocycles. The lowest BCUT2D eigenvalue weighted by Crippen LogP contribution is -2.29. The number of rotatable bonds is 11. The van der Waals surface area contributed by atoms with Crippen LogP contribution in [0.5, 0.6) is 5.75 Å². The lowest BCUT2D eigenvalue weighted by Gasteiger charge is -2.12.